The summed E-state index contributed by atoms with van der Waals surface area (Å²) in [6.45, 7) is 0. The average molecular weight is 169 g/mol. The molecule has 0 saturated carbocycles. The molecular formula is C8H9O2S. The third-order valence-electron chi connectivity index (χ3n) is 1.30. The van der Waals surface area contributed by atoms with Crippen LogP contribution in [0.2, 0.25) is 0 Å². The summed E-state index contributed by atoms with van der Waals surface area (Å²) in [6, 6.07) is 8.04. The monoisotopic (exact) mass is 169 g/mol. The SMILES string of the molecule is COc1[c]ccc([S+](C)[O-])c1. The number of hydrogen-bond donors (Lipinski definition) is 0. The van der Waals surface area contributed by atoms with Crippen molar-refractivity contribution in [3.63, 3.8) is 0 Å². The van der Waals surface area contributed by atoms with E-state index in [4.69, 9.17) is 4.74 Å². The third-order valence-corrected chi connectivity index (χ3v) is 2.22. The van der Waals surface area contributed by atoms with Crippen molar-refractivity contribution >= 4 is 11.2 Å². The fraction of sp³-hybridized carbons (Fsp3) is 0.250. The lowest BCUT2D eigenvalue weighted by Gasteiger charge is -2.04. The number of methoxy groups -OCH3 is 1. The van der Waals surface area contributed by atoms with Crippen LogP contribution in [0.3, 0.4) is 0 Å². The van der Waals surface area contributed by atoms with Gasteiger partial charge in [0.2, 0.25) is 0 Å². The van der Waals surface area contributed by atoms with Crippen molar-refractivity contribution in [3.8, 4) is 5.75 Å². The molecular weight excluding hydrogens is 160 g/mol. The molecule has 59 valence electrons. The molecule has 0 aliphatic rings. The Kier molecular flexibility index (Phi) is 2.79. The largest absolute Gasteiger partial charge is 0.612 e. The Morgan fingerprint density at radius 1 is 1.64 bits per heavy atom. The van der Waals surface area contributed by atoms with Gasteiger partial charge >= 0.3 is 0 Å². The lowest BCUT2D eigenvalue weighted by atomic mass is 10.3. The van der Waals surface area contributed by atoms with Crippen LogP contribution >= 0.6 is 0 Å². The molecule has 0 heterocycles. The first-order valence-electron chi connectivity index (χ1n) is 3.13. The third kappa shape index (κ3) is 2.13. The molecule has 0 amide bonds. The summed E-state index contributed by atoms with van der Waals surface area (Å²) in [6.07, 6.45) is 1.63. The van der Waals surface area contributed by atoms with Gasteiger partial charge < -0.3 is 9.29 Å². The smallest absolute Gasteiger partial charge is 0.156 e. The zero-order valence-corrected chi connectivity index (χ0v) is 7.27. The van der Waals surface area contributed by atoms with E-state index < -0.39 is 11.2 Å². The minimum absolute atomic E-state index is 0.623. The Hall–Kier alpha value is -0.670. The summed E-state index contributed by atoms with van der Waals surface area (Å²) >= 11 is -0.941. The van der Waals surface area contributed by atoms with Crippen LogP contribution in [0.1, 0.15) is 0 Å². The second-order valence-electron chi connectivity index (χ2n) is 2.05. The van der Waals surface area contributed by atoms with E-state index in [1.165, 1.54) is 0 Å². The van der Waals surface area contributed by atoms with Crippen LogP contribution in [0.4, 0.5) is 0 Å². The van der Waals surface area contributed by atoms with Crippen LogP contribution < -0.4 is 4.74 Å². The minimum atomic E-state index is -0.941. The molecule has 1 aromatic carbocycles. The topological polar surface area (TPSA) is 32.3 Å². The Bertz CT molecular complexity index is 235. The van der Waals surface area contributed by atoms with E-state index in [2.05, 4.69) is 6.07 Å². The van der Waals surface area contributed by atoms with Crippen molar-refractivity contribution in [3.05, 3.63) is 24.3 Å². The Labute approximate surface area is 69.4 Å². The molecule has 1 atom stereocenters. The molecule has 0 aliphatic heterocycles. The summed E-state index contributed by atoms with van der Waals surface area (Å²) in [4.78, 5) is 0.764. The van der Waals surface area contributed by atoms with E-state index in [0.717, 1.165) is 4.90 Å². The molecule has 1 radical (unpaired) electrons. The molecule has 1 rings (SSSR count). The zero-order chi connectivity index (χ0) is 8.27. The van der Waals surface area contributed by atoms with E-state index in [-0.39, 0.29) is 0 Å². The maximum absolute atomic E-state index is 11.0. The van der Waals surface area contributed by atoms with Crippen LogP contribution in [0, 0.1) is 6.07 Å². The molecule has 0 N–H and O–H groups in total. The van der Waals surface area contributed by atoms with Gasteiger partial charge in [0.1, 0.15) is 12.0 Å². The highest BCUT2D eigenvalue weighted by Crippen LogP contribution is 2.15. The number of rotatable bonds is 2. The van der Waals surface area contributed by atoms with Gasteiger partial charge in [-0.2, -0.15) is 0 Å². The Morgan fingerprint density at radius 3 is 2.91 bits per heavy atom. The lowest BCUT2D eigenvalue weighted by molar-refractivity contribution is 0.412. The average Bonchev–Trinajstić information content (AvgIpc) is 2.05. The summed E-state index contributed by atoms with van der Waals surface area (Å²) in [7, 11) is 1.56. The van der Waals surface area contributed by atoms with Crippen molar-refractivity contribution < 1.29 is 9.29 Å². The summed E-state index contributed by atoms with van der Waals surface area (Å²) in [5.74, 6) is 0.623. The first kappa shape index (κ1) is 8.43. The molecule has 0 saturated heterocycles. The first-order valence-corrected chi connectivity index (χ1v) is 4.69. The van der Waals surface area contributed by atoms with E-state index in [1.54, 1.807) is 31.6 Å². The van der Waals surface area contributed by atoms with Crippen LogP contribution in [0.15, 0.2) is 23.1 Å². The van der Waals surface area contributed by atoms with Crippen molar-refractivity contribution in [2.45, 2.75) is 4.90 Å². The summed E-state index contributed by atoms with van der Waals surface area (Å²) < 4.78 is 15.9. The van der Waals surface area contributed by atoms with Gasteiger partial charge in [-0.05, 0) is 23.3 Å². The minimum Gasteiger partial charge on any atom is -0.612 e. The van der Waals surface area contributed by atoms with E-state index in [1.807, 2.05) is 0 Å². The molecule has 0 aromatic heterocycles. The fourth-order valence-electron chi connectivity index (χ4n) is 0.722. The summed E-state index contributed by atoms with van der Waals surface area (Å²) in [5.41, 5.74) is 0. The lowest BCUT2D eigenvalue weighted by Crippen LogP contribution is -1.97. The zero-order valence-electron chi connectivity index (χ0n) is 6.46. The predicted octanol–water partition coefficient (Wildman–Crippen LogP) is 1.23. The molecule has 0 bridgehead atoms. The van der Waals surface area contributed by atoms with Crippen LogP contribution in [0.25, 0.3) is 0 Å². The molecule has 0 aliphatic carbocycles. The van der Waals surface area contributed by atoms with Crippen LogP contribution in [-0.2, 0) is 11.2 Å². The van der Waals surface area contributed by atoms with Crippen LogP contribution in [-0.4, -0.2) is 17.9 Å². The van der Waals surface area contributed by atoms with Crippen molar-refractivity contribution in [1.29, 1.82) is 0 Å². The molecule has 3 heteroatoms. The Morgan fingerprint density at radius 2 is 2.36 bits per heavy atom. The second kappa shape index (κ2) is 3.64. The highest BCUT2D eigenvalue weighted by Gasteiger charge is 2.03. The molecule has 2 nitrogen and oxygen atoms in total. The molecule has 1 unspecified atom stereocenters. The van der Waals surface area contributed by atoms with E-state index in [9.17, 15) is 4.55 Å². The van der Waals surface area contributed by atoms with Gasteiger partial charge in [-0.3, -0.25) is 0 Å². The maximum atomic E-state index is 11.0. The van der Waals surface area contributed by atoms with Crippen molar-refractivity contribution in [1.82, 2.24) is 0 Å². The summed E-state index contributed by atoms with van der Waals surface area (Å²) in [5, 5.41) is 0. The predicted molar refractivity (Wildman–Crippen MR) is 44.2 cm³/mol. The maximum Gasteiger partial charge on any atom is 0.156 e. The van der Waals surface area contributed by atoms with Gasteiger partial charge in [0.05, 0.1) is 7.11 Å². The van der Waals surface area contributed by atoms with Gasteiger partial charge in [0, 0.05) is 12.1 Å². The van der Waals surface area contributed by atoms with Crippen molar-refractivity contribution in [2.24, 2.45) is 0 Å². The quantitative estimate of drug-likeness (QED) is 0.624. The van der Waals surface area contributed by atoms with Gasteiger partial charge in [-0.15, -0.1) is 0 Å². The number of hydrogen-bond acceptors (Lipinski definition) is 2. The highest BCUT2D eigenvalue weighted by molar-refractivity contribution is 7.90. The number of benzene rings is 1. The number of ether oxygens (including phenoxy) is 1. The highest BCUT2D eigenvalue weighted by atomic mass is 32.2. The second-order valence-corrected chi connectivity index (χ2v) is 3.43. The molecule has 1 aromatic rings. The van der Waals surface area contributed by atoms with Gasteiger partial charge in [0.15, 0.2) is 4.90 Å². The molecule has 0 fully saturated rings. The van der Waals surface area contributed by atoms with Gasteiger partial charge in [-0.25, -0.2) is 0 Å². The molecule has 11 heavy (non-hydrogen) atoms. The standard InChI is InChI=1S/C8H9O2S/c1-10-7-4-3-5-8(6-7)11(2)9/h3,5-6H,1-2H3. The first-order chi connectivity index (χ1) is 5.24. The van der Waals surface area contributed by atoms with E-state index >= 15 is 0 Å². The van der Waals surface area contributed by atoms with Crippen LogP contribution in [0.5, 0.6) is 5.75 Å². The van der Waals surface area contributed by atoms with Gasteiger partial charge in [-0.1, -0.05) is 0 Å². The Balaban J connectivity index is 2.91. The van der Waals surface area contributed by atoms with E-state index in [0.29, 0.717) is 5.75 Å². The van der Waals surface area contributed by atoms with Gasteiger partial charge in [0.25, 0.3) is 0 Å². The fourth-order valence-corrected chi connectivity index (χ4v) is 1.25. The molecule has 0 spiro atoms. The normalized spacial score (nSPS) is 12.6. The van der Waals surface area contributed by atoms with Crippen molar-refractivity contribution in [2.75, 3.05) is 13.4 Å².